The first kappa shape index (κ1) is 15.0. The number of hydrogen-bond acceptors (Lipinski definition) is 3. The molecule has 0 heterocycles. The minimum atomic E-state index is -0.320. The zero-order valence-electron chi connectivity index (χ0n) is 11.5. The van der Waals surface area contributed by atoms with Crippen LogP contribution < -0.4 is 15.4 Å². The lowest BCUT2D eigenvalue weighted by atomic mass is 10.2. The molecular formula is C14H20N2O3. The average Bonchev–Trinajstić information content (AvgIpc) is 2.35. The van der Waals surface area contributed by atoms with Crippen LogP contribution in [0, 0.1) is 6.92 Å². The second-order valence-electron chi connectivity index (χ2n) is 4.60. The van der Waals surface area contributed by atoms with Crippen molar-refractivity contribution in [2.75, 3.05) is 13.2 Å². The molecule has 5 heteroatoms. The summed E-state index contributed by atoms with van der Waals surface area (Å²) < 4.78 is 5.29. The van der Waals surface area contributed by atoms with E-state index in [1.165, 1.54) is 0 Å². The molecule has 19 heavy (non-hydrogen) atoms. The van der Waals surface area contributed by atoms with Gasteiger partial charge >= 0.3 is 0 Å². The van der Waals surface area contributed by atoms with Gasteiger partial charge < -0.3 is 15.4 Å². The number of aryl methyl sites for hydroxylation is 1. The summed E-state index contributed by atoms with van der Waals surface area (Å²) in [5.41, 5.74) is 1.13. The lowest BCUT2D eigenvalue weighted by Crippen LogP contribution is -2.41. The van der Waals surface area contributed by atoms with E-state index in [1.807, 2.05) is 32.9 Å². The lowest BCUT2D eigenvalue weighted by Gasteiger charge is -2.10. The number of hydrogen-bond donors (Lipinski definition) is 2. The van der Waals surface area contributed by atoms with Crippen LogP contribution in [0.4, 0.5) is 0 Å². The third kappa shape index (κ3) is 6.45. The predicted molar refractivity (Wildman–Crippen MR) is 73.0 cm³/mol. The number of ether oxygens (including phenoxy) is 1. The van der Waals surface area contributed by atoms with Crippen LogP contribution >= 0.6 is 0 Å². The number of benzene rings is 1. The Bertz CT molecular complexity index is 427. The van der Waals surface area contributed by atoms with E-state index in [-0.39, 0.29) is 31.0 Å². The molecular weight excluding hydrogens is 244 g/mol. The molecule has 0 fully saturated rings. The van der Waals surface area contributed by atoms with Gasteiger partial charge in [0.05, 0.1) is 6.54 Å². The fraction of sp³-hybridized carbons (Fsp3) is 0.429. The van der Waals surface area contributed by atoms with E-state index in [0.717, 1.165) is 5.56 Å². The Labute approximate surface area is 113 Å². The largest absolute Gasteiger partial charge is 0.484 e. The van der Waals surface area contributed by atoms with Crippen molar-refractivity contribution in [1.82, 2.24) is 10.6 Å². The molecule has 0 spiro atoms. The van der Waals surface area contributed by atoms with Gasteiger partial charge in [0.15, 0.2) is 6.61 Å². The maximum Gasteiger partial charge on any atom is 0.258 e. The van der Waals surface area contributed by atoms with Crippen LogP contribution in [0.15, 0.2) is 24.3 Å². The van der Waals surface area contributed by atoms with E-state index in [1.54, 1.807) is 12.1 Å². The minimum absolute atomic E-state index is 0.0335. The molecule has 5 nitrogen and oxygen atoms in total. The molecule has 2 amide bonds. The quantitative estimate of drug-likeness (QED) is 0.806. The van der Waals surface area contributed by atoms with Crippen molar-refractivity contribution in [3.63, 3.8) is 0 Å². The average molecular weight is 264 g/mol. The first-order valence-corrected chi connectivity index (χ1v) is 6.23. The van der Waals surface area contributed by atoms with Gasteiger partial charge in [-0.25, -0.2) is 0 Å². The summed E-state index contributed by atoms with van der Waals surface area (Å²) >= 11 is 0. The second kappa shape index (κ2) is 7.41. The van der Waals surface area contributed by atoms with Gasteiger partial charge in [0.25, 0.3) is 5.91 Å². The van der Waals surface area contributed by atoms with E-state index >= 15 is 0 Å². The van der Waals surface area contributed by atoms with Gasteiger partial charge in [-0.05, 0) is 32.9 Å². The second-order valence-corrected chi connectivity index (χ2v) is 4.60. The summed E-state index contributed by atoms with van der Waals surface area (Å²) in [5, 5.41) is 5.18. The van der Waals surface area contributed by atoms with Crippen molar-refractivity contribution in [2.24, 2.45) is 0 Å². The summed E-state index contributed by atoms with van der Waals surface area (Å²) in [6.07, 6.45) is 0. The molecule has 1 rings (SSSR count). The van der Waals surface area contributed by atoms with Gasteiger partial charge in [-0.15, -0.1) is 0 Å². The van der Waals surface area contributed by atoms with Gasteiger partial charge in [0.2, 0.25) is 5.91 Å². The van der Waals surface area contributed by atoms with Gasteiger partial charge in [-0.2, -0.15) is 0 Å². The number of carbonyl (C=O) groups excluding carboxylic acids is 2. The molecule has 0 bridgehead atoms. The molecule has 2 N–H and O–H groups in total. The topological polar surface area (TPSA) is 67.4 Å². The smallest absolute Gasteiger partial charge is 0.258 e. The molecule has 0 saturated heterocycles. The standard InChI is InChI=1S/C14H20N2O3/c1-10(2)16-13(17)8-15-14(18)9-19-12-6-4-11(3)5-7-12/h4-7,10H,8-9H2,1-3H3,(H,15,18)(H,16,17). The minimum Gasteiger partial charge on any atom is -0.484 e. The Morgan fingerprint density at radius 3 is 2.37 bits per heavy atom. The molecule has 1 aromatic carbocycles. The molecule has 0 aliphatic carbocycles. The fourth-order valence-corrected chi connectivity index (χ4v) is 1.39. The Morgan fingerprint density at radius 2 is 1.79 bits per heavy atom. The maximum absolute atomic E-state index is 11.5. The highest BCUT2D eigenvalue weighted by molar-refractivity contribution is 5.85. The van der Waals surface area contributed by atoms with Crippen LogP contribution in [-0.4, -0.2) is 31.0 Å². The van der Waals surface area contributed by atoms with E-state index in [2.05, 4.69) is 10.6 Å². The SMILES string of the molecule is Cc1ccc(OCC(=O)NCC(=O)NC(C)C)cc1. The first-order chi connectivity index (χ1) is 8.97. The number of nitrogens with one attached hydrogen (secondary N) is 2. The molecule has 0 aromatic heterocycles. The van der Waals surface area contributed by atoms with Crippen molar-refractivity contribution >= 4 is 11.8 Å². The van der Waals surface area contributed by atoms with E-state index in [4.69, 9.17) is 4.74 Å². The van der Waals surface area contributed by atoms with Crippen LogP contribution in [0.2, 0.25) is 0 Å². The summed E-state index contributed by atoms with van der Waals surface area (Å²) in [7, 11) is 0. The van der Waals surface area contributed by atoms with Gasteiger partial charge in [0.1, 0.15) is 5.75 Å². The molecule has 0 unspecified atom stereocenters. The van der Waals surface area contributed by atoms with Crippen LogP contribution in [0.5, 0.6) is 5.75 Å². The monoisotopic (exact) mass is 264 g/mol. The van der Waals surface area contributed by atoms with Crippen molar-refractivity contribution in [2.45, 2.75) is 26.8 Å². The lowest BCUT2D eigenvalue weighted by molar-refractivity contribution is -0.127. The highest BCUT2D eigenvalue weighted by Crippen LogP contribution is 2.10. The van der Waals surface area contributed by atoms with Gasteiger partial charge in [-0.3, -0.25) is 9.59 Å². The Morgan fingerprint density at radius 1 is 1.16 bits per heavy atom. The molecule has 0 atom stereocenters. The van der Waals surface area contributed by atoms with E-state index in [9.17, 15) is 9.59 Å². The molecule has 0 aliphatic heterocycles. The van der Waals surface area contributed by atoms with Crippen molar-refractivity contribution < 1.29 is 14.3 Å². The van der Waals surface area contributed by atoms with E-state index in [0.29, 0.717) is 5.75 Å². The molecule has 0 radical (unpaired) electrons. The number of carbonyl (C=O) groups is 2. The number of amides is 2. The first-order valence-electron chi connectivity index (χ1n) is 6.23. The predicted octanol–water partition coefficient (Wildman–Crippen LogP) is 1.01. The zero-order chi connectivity index (χ0) is 14.3. The van der Waals surface area contributed by atoms with Crippen LogP contribution in [0.3, 0.4) is 0 Å². The highest BCUT2D eigenvalue weighted by atomic mass is 16.5. The van der Waals surface area contributed by atoms with Gasteiger partial charge in [0, 0.05) is 6.04 Å². The number of rotatable bonds is 6. The summed E-state index contributed by atoms with van der Waals surface area (Å²) in [4.78, 5) is 22.8. The third-order valence-electron chi connectivity index (χ3n) is 2.29. The molecule has 0 aliphatic rings. The third-order valence-corrected chi connectivity index (χ3v) is 2.29. The Balaban J connectivity index is 2.24. The molecule has 1 aromatic rings. The van der Waals surface area contributed by atoms with Gasteiger partial charge in [-0.1, -0.05) is 17.7 Å². The van der Waals surface area contributed by atoms with Crippen molar-refractivity contribution in [1.29, 1.82) is 0 Å². The zero-order valence-corrected chi connectivity index (χ0v) is 11.5. The normalized spacial score (nSPS) is 10.1. The van der Waals surface area contributed by atoms with Crippen LogP contribution in [0.25, 0.3) is 0 Å². The Kier molecular flexibility index (Phi) is 5.85. The summed E-state index contributed by atoms with van der Waals surface area (Å²) in [6, 6.07) is 7.47. The van der Waals surface area contributed by atoms with Crippen molar-refractivity contribution in [3.8, 4) is 5.75 Å². The maximum atomic E-state index is 11.5. The van der Waals surface area contributed by atoms with E-state index < -0.39 is 0 Å². The summed E-state index contributed by atoms with van der Waals surface area (Å²) in [5.74, 6) is 0.102. The molecule has 0 saturated carbocycles. The Hall–Kier alpha value is -2.04. The fourth-order valence-electron chi connectivity index (χ4n) is 1.39. The van der Waals surface area contributed by atoms with Crippen LogP contribution in [-0.2, 0) is 9.59 Å². The summed E-state index contributed by atoms with van der Waals surface area (Å²) in [6.45, 7) is 5.57. The highest BCUT2D eigenvalue weighted by Gasteiger charge is 2.07. The van der Waals surface area contributed by atoms with Crippen LogP contribution in [0.1, 0.15) is 19.4 Å². The van der Waals surface area contributed by atoms with Crippen molar-refractivity contribution in [3.05, 3.63) is 29.8 Å². The molecule has 104 valence electrons.